The third kappa shape index (κ3) is 3.38. The van der Waals surface area contributed by atoms with Crippen LogP contribution in [-0.4, -0.2) is 5.84 Å². The molecule has 2 atom stereocenters. The molecule has 3 heteroatoms. The molecule has 0 saturated carbocycles. The first-order valence-electron chi connectivity index (χ1n) is 8.89. The number of nitrogens with zero attached hydrogens (tertiary/aromatic N) is 1. The zero-order valence-corrected chi connectivity index (χ0v) is 14.7. The predicted octanol–water partition coefficient (Wildman–Crippen LogP) is 5.16. The van der Waals surface area contributed by atoms with Gasteiger partial charge in [0.05, 0.1) is 6.04 Å². The van der Waals surface area contributed by atoms with Gasteiger partial charge in [0.2, 0.25) is 0 Å². The van der Waals surface area contributed by atoms with Crippen molar-refractivity contribution in [3.05, 3.63) is 107 Å². The lowest BCUT2D eigenvalue weighted by molar-refractivity contribution is 0.571. The Kier molecular flexibility index (Phi) is 4.53. The van der Waals surface area contributed by atoms with E-state index >= 15 is 0 Å². The van der Waals surface area contributed by atoms with E-state index in [2.05, 4.69) is 29.6 Å². The highest BCUT2D eigenvalue weighted by molar-refractivity contribution is 5.87. The maximum atomic E-state index is 13.6. The Bertz CT molecular complexity index is 919. The zero-order chi connectivity index (χ0) is 17.9. The lowest BCUT2D eigenvalue weighted by atomic mass is 9.95. The van der Waals surface area contributed by atoms with Crippen molar-refractivity contribution in [3.8, 4) is 0 Å². The van der Waals surface area contributed by atoms with Crippen LogP contribution in [0.1, 0.15) is 34.3 Å². The van der Waals surface area contributed by atoms with E-state index in [-0.39, 0.29) is 17.9 Å². The molecule has 0 fully saturated rings. The van der Waals surface area contributed by atoms with Gasteiger partial charge in [-0.05, 0) is 41.3 Å². The van der Waals surface area contributed by atoms with Gasteiger partial charge in [0.1, 0.15) is 17.7 Å². The van der Waals surface area contributed by atoms with Gasteiger partial charge in [0.25, 0.3) is 0 Å². The summed E-state index contributed by atoms with van der Waals surface area (Å²) in [5, 5.41) is 3.58. The molecule has 0 radical (unpaired) electrons. The normalized spacial score (nSPS) is 19.1. The summed E-state index contributed by atoms with van der Waals surface area (Å²) in [5.41, 5.74) is 4.43. The Morgan fingerprint density at radius 1 is 0.885 bits per heavy atom. The second kappa shape index (κ2) is 7.12. The van der Waals surface area contributed by atoms with E-state index in [9.17, 15) is 4.39 Å². The maximum Gasteiger partial charge on any atom is 0.123 e. The van der Waals surface area contributed by atoms with Crippen LogP contribution in [-0.2, 0) is 6.42 Å². The van der Waals surface area contributed by atoms with Crippen molar-refractivity contribution in [1.82, 2.24) is 5.32 Å². The number of hydrogen-bond acceptors (Lipinski definition) is 2. The monoisotopic (exact) mass is 344 g/mol. The number of benzene rings is 3. The van der Waals surface area contributed by atoms with Crippen LogP contribution in [0.5, 0.6) is 0 Å². The van der Waals surface area contributed by atoms with Crippen molar-refractivity contribution in [3.63, 3.8) is 0 Å². The molecule has 1 N–H and O–H groups in total. The molecule has 0 saturated heterocycles. The smallest absolute Gasteiger partial charge is 0.123 e. The molecule has 3 aromatic rings. The summed E-state index contributed by atoms with van der Waals surface area (Å²) < 4.78 is 13.6. The Morgan fingerprint density at radius 3 is 2.23 bits per heavy atom. The first kappa shape index (κ1) is 16.5. The molecule has 26 heavy (non-hydrogen) atoms. The minimum Gasteiger partial charge on any atom is -0.364 e. The first-order valence-corrected chi connectivity index (χ1v) is 8.89. The molecule has 130 valence electrons. The Balaban J connectivity index is 1.67. The second-order valence-electron chi connectivity index (χ2n) is 6.71. The maximum absolute atomic E-state index is 13.6. The third-order valence-electron chi connectivity index (χ3n) is 4.90. The number of amidine groups is 1. The van der Waals surface area contributed by atoms with Crippen molar-refractivity contribution in [2.45, 2.75) is 25.4 Å². The van der Waals surface area contributed by atoms with E-state index in [1.54, 1.807) is 6.07 Å². The molecule has 0 aliphatic carbocycles. The van der Waals surface area contributed by atoms with Crippen molar-refractivity contribution in [1.29, 1.82) is 0 Å². The summed E-state index contributed by atoms with van der Waals surface area (Å²) in [5.74, 6) is 0.699. The third-order valence-corrected chi connectivity index (χ3v) is 4.90. The standard InChI is InChI=1S/C23H21FN2/c1-16-12-13-20(24)14-19(16)15-21-25-22(17-8-4-2-5-9-17)23(26-21)18-10-6-3-7-11-18/h2-14,22-23H,15H2,1H3,(H,25,26)/t22-,23+. The summed E-state index contributed by atoms with van der Waals surface area (Å²) in [6.07, 6.45) is 0.607. The molecule has 4 rings (SSSR count). The fourth-order valence-corrected chi connectivity index (χ4v) is 3.49. The Hall–Kier alpha value is -2.94. The number of aliphatic imine (C=N–C) groups is 1. The van der Waals surface area contributed by atoms with Crippen LogP contribution in [0.4, 0.5) is 4.39 Å². The van der Waals surface area contributed by atoms with Crippen molar-refractivity contribution < 1.29 is 4.39 Å². The van der Waals surface area contributed by atoms with Crippen molar-refractivity contribution >= 4 is 5.84 Å². The van der Waals surface area contributed by atoms with E-state index in [0.717, 1.165) is 17.0 Å². The van der Waals surface area contributed by atoms with Crippen LogP contribution in [0, 0.1) is 12.7 Å². The molecule has 1 aliphatic rings. The van der Waals surface area contributed by atoms with Gasteiger partial charge in [-0.15, -0.1) is 0 Å². The molecule has 0 unspecified atom stereocenters. The minimum absolute atomic E-state index is 0.0162. The largest absolute Gasteiger partial charge is 0.364 e. The van der Waals surface area contributed by atoms with Gasteiger partial charge in [-0.3, -0.25) is 4.99 Å². The highest BCUT2D eigenvalue weighted by atomic mass is 19.1. The summed E-state index contributed by atoms with van der Waals surface area (Å²) in [7, 11) is 0. The zero-order valence-electron chi connectivity index (χ0n) is 14.7. The topological polar surface area (TPSA) is 24.4 Å². The van der Waals surface area contributed by atoms with Crippen LogP contribution >= 0.6 is 0 Å². The van der Waals surface area contributed by atoms with E-state index in [0.29, 0.717) is 6.42 Å². The summed E-state index contributed by atoms with van der Waals surface area (Å²) in [4.78, 5) is 4.97. The molecule has 0 aromatic heterocycles. The Labute approximate surface area is 153 Å². The molecule has 0 spiro atoms. The van der Waals surface area contributed by atoms with Gasteiger partial charge >= 0.3 is 0 Å². The minimum atomic E-state index is -0.205. The molecule has 0 bridgehead atoms. The van der Waals surface area contributed by atoms with Gasteiger partial charge < -0.3 is 5.32 Å². The van der Waals surface area contributed by atoms with E-state index in [1.807, 2.05) is 49.4 Å². The fraction of sp³-hybridized carbons (Fsp3) is 0.174. The predicted molar refractivity (Wildman–Crippen MR) is 104 cm³/mol. The molecule has 1 aliphatic heterocycles. The molecule has 3 aromatic carbocycles. The quantitative estimate of drug-likeness (QED) is 0.694. The average Bonchev–Trinajstić information content (AvgIpc) is 3.10. The van der Waals surface area contributed by atoms with Gasteiger partial charge in [-0.25, -0.2) is 4.39 Å². The number of rotatable bonds is 4. The molecule has 1 heterocycles. The molecular weight excluding hydrogens is 323 g/mol. The van der Waals surface area contributed by atoms with Crippen molar-refractivity contribution in [2.75, 3.05) is 0 Å². The number of nitrogens with one attached hydrogen (secondary N) is 1. The van der Waals surface area contributed by atoms with Crippen LogP contribution in [0.15, 0.2) is 83.9 Å². The summed E-state index contributed by atoms with van der Waals surface area (Å²) in [6.45, 7) is 2.01. The van der Waals surface area contributed by atoms with E-state index in [4.69, 9.17) is 4.99 Å². The van der Waals surface area contributed by atoms with Crippen LogP contribution < -0.4 is 5.32 Å². The van der Waals surface area contributed by atoms with Crippen LogP contribution in [0.3, 0.4) is 0 Å². The highest BCUT2D eigenvalue weighted by Gasteiger charge is 2.31. The van der Waals surface area contributed by atoms with Crippen LogP contribution in [0.25, 0.3) is 0 Å². The molecule has 2 nitrogen and oxygen atoms in total. The average molecular weight is 344 g/mol. The van der Waals surface area contributed by atoms with Crippen molar-refractivity contribution in [2.24, 2.45) is 4.99 Å². The number of aryl methyl sites for hydroxylation is 1. The van der Waals surface area contributed by atoms with E-state index in [1.165, 1.54) is 17.2 Å². The van der Waals surface area contributed by atoms with Gasteiger partial charge in [-0.1, -0.05) is 66.7 Å². The fourth-order valence-electron chi connectivity index (χ4n) is 3.49. The Morgan fingerprint density at radius 2 is 1.54 bits per heavy atom. The van der Waals surface area contributed by atoms with Crippen LogP contribution in [0.2, 0.25) is 0 Å². The summed E-state index contributed by atoms with van der Waals surface area (Å²) in [6, 6.07) is 25.7. The number of hydrogen-bond donors (Lipinski definition) is 1. The summed E-state index contributed by atoms with van der Waals surface area (Å²) >= 11 is 0. The lowest BCUT2D eigenvalue weighted by Crippen LogP contribution is -2.26. The first-order chi connectivity index (χ1) is 12.7. The van der Waals surface area contributed by atoms with Gasteiger partial charge in [-0.2, -0.15) is 0 Å². The molecular formula is C23H21FN2. The second-order valence-corrected chi connectivity index (χ2v) is 6.71. The highest BCUT2D eigenvalue weighted by Crippen LogP contribution is 2.36. The van der Waals surface area contributed by atoms with E-state index < -0.39 is 0 Å². The van der Waals surface area contributed by atoms with Gasteiger partial charge in [0, 0.05) is 6.42 Å². The lowest BCUT2D eigenvalue weighted by Gasteiger charge is -2.19. The van der Waals surface area contributed by atoms with Gasteiger partial charge in [0.15, 0.2) is 0 Å². The SMILES string of the molecule is Cc1ccc(F)cc1CC1=N[C@H](c2ccccc2)[C@H](c2ccccc2)N1. The number of halogens is 1. The molecule has 0 amide bonds.